The SMILES string of the molecule is O=C(Nc1cc(Br)ccc1O)c1ccc(OCc2ccccc2)nc1OCc1ccccc1. The summed E-state index contributed by atoms with van der Waals surface area (Å²) in [7, 11) is 0. The highest BCUT2D eigenvalue weighted by atomic mass is 79.9. The van der Waals surface area contributed by atoms with Crippen molar-refractivity contribution >= 4 is 27.5 Å². The van der Waals surface area contributed by atoms with Gasteiger partial charge in [0.2, 0.25) is 11.8 Å². The molecule has 4 rings (SSSR count). The second-order valence-corrected chi connectivity index (χ2v) is 8.08. The molecule has 0 bridgehead atoms. The fraction of sp³-hybridized carbons (Fsp3) is 0.0769. The van der Waals surface area contributed by atoms with Crippen LogP contribution in [0.2, 0.25) is 0 Å². The van der Waals surface area contributed by atoms with Crippen LogP contribution in [0.25, 0.3) is 0 Å². The smallest absolute Gasteiger partial charge is 0.261 e. The van der Waals surface area contributed by atoms with Gasteiger partial charge in [-0.1, -0.05) is 76.6 Å². The minimum absolute atomic E-state index is 0.0472. The zero-order chi connectivity index (χ0) is 23.0. The minimum atomic E-state index is -0.464. The number of rotatable bonds is 8. The lowest BCUT2D eigenvalue weighted by Crippen LogP contribution is -2.15. The molecular formula is C26H21BrN2O4. The lowest BCUT2D eigenvalue weighted by atomic mass is 10.2. The first-order valence-electron chi connectivity index (χ1n) is 10.2. The molecule has 0 atom stereocenters. The number of halogens is 1. The van der Waals surface area contributed by atoms with E-state index < -0.39 is 5.91 Å². The number of phenolic OH excluding ortho intramolecular Hbond substituents is 1. The molecule has 7 heteroatoms. The number of hydrogen-bond acceptors (Lipinski definition) is 5. The molecule has 1 amide bonds. The van der Waals surface area contributed by atoms with E-state index in [-0.39, 0.29) is 29.5 Å². The van der Waals surface area contributed by atoms with Gasteiger partial charge in [-0.2, -0.15) is 4.98 Å². The highest BCUT2D eigenvalue weighted by Crippen LogP contribution is 2.29. The minimum Gasteiger partial charge on any atom is -0.506 e. The van der Waals surface area contributed by atoms with Crippen molar-refractivity contribution in [3.63, 3.8) is 0 Å². The second kappa shape index (κ2) is 10.7. The average molecular weight is 505 g/mol. The monoisotopic (exact) mass is 504 g/mol. The van der Waals surface area contributed by atoms with Gasteiger partial charge in [-0.05, 0) is 35.4 Å². The van der Waals surface area contributed by atoms with E-state index in [2.05, 4.69) is 26.2 Å². The molecule has 0 aliphatic carbocycles. The molecule has 4 aromatic rings. The molecule has 6 nitrogen and oxygen atoms in total. The molecule has 0 aliphatic heterocycles. The van der Waals surface area contributed by atoms with E-state index in [0.717, 1.165) is 15.6 Å². The highest BCUT2D eigenvalue weighted by Gasteiger charge is 2.18. The number of aromatic nitrogens is 1. The Balaban J connectivity index is 1.57. The lowest BCUT2D eigenvalue weighted by molar-refractivity contribution is 0.102. The summed E-state index contributed by atoms with van der Waals surface area (Å²) in [5, 5.41) is 12.8. The van der Waals surface area contributed by atoms with Gasteiger partial charge in [-0.15, -0.1) is 0 Å². The van der Waals surface area contributed by atoms with Crippen LogP contribution in [-0.4, -0.2) is 16.0 Å². The number of amides is 1. The highest BCUT2D eigenvalue weighted by molar-refractivity contribution is 9.10. The summed E-state index contributed by atoms with van der Waals surface area (Å²) in [6.07, 6.45) is 0. The van der Waals surface area contributed by atoms with Crippen LogP contribution < -0.4 is 14.8 Å². The Labute approximate surface area is 200 Å². The molecule has 166 valence electrons. The summed E-state index contributed by atoms with van der Waals surface area (Å²) in [5.74, 6) is -0.0391. The van der Waals surface area contributed by atoms with Crippen LogP contribution in [0.5, 0.6) is 17.5 Å². The number of aromatic hydroxyl groups is 1. The number of nitrogens with one attached hydrogen (secondary N) is 1. The Kier molecular flexibility index (Phi) is 7.22. The first-order valence-corrected chi connectivity index (χ1v) is 11.0. The van der Waals surface area contributed by atoms with E-state index in [0.29, 0.717) is 12.5 Å². The standard InChI is InChI=1S/C26H21BrN2O4/c27-20-11-13-23(30)22(15-20)28-25(31)21-12-14-24(32-16-18-7-3-1-4-8-18)29-26(21)33-17-19-9-5-2-6-10-19/h1-15,30H,16-17H2,(H,28,31). The van der Waals surface area contributed by atoms with Gasteiger partial charge in [0.1, 0.15) is 24.5 Å². The average Bonchev–Trinajstić information content (AvgIpc) is 2.85. The maximum Gasteiger partial charge on any atom is 0.261 e. The predicted molar refractivity (Wildman–Crippen MR) is 130 cm³/mol. The Morgan fingerprint density at radius 3 is 2.15 bits per heavy atom. The van der Waals surface area contributed by atoms with Gasteiger partial charge in [0.25, 0.3) is 5.91 Å². The predicted octanol–water partition coefficient (Wildman–Crippen LogP) is 5.96. The van der Waals surface area contributed by atoms with Gasteiger partial charge in [-0.3, -0.25) is 4.79 Å². The number of anilines is 1. The number of pyridine rings is 1. The third kappa shape index (κ3) is 6.11. The molecule has 0 radical (unpaired) electrons. The summed E-state index contributed by atoms with van der Waals surface area (Å²) in [4.78, 5) is 17.4. The van der Waals surface area contributed by atoms with Crippen LogP contribution in [0.15, 0.2) is 95.5 Å². The summed E-state index contributed by atoms with van der Waals surface area (Å²) in [6.45, 7) is 0.571. The lowest BCUT2D eigenvalue weighted by Gasteiger charge is -2.14. The fourth-order valence-corrected chi connectivity index (χ4v) is 3.40. The van der Waals surface area contributed by atoms with Crippen molar-refractivity contribution in [1.82, 2.24) is 4.98 Å². The largest absolute Gasteiger partial charge is 0.506 e. The van der Waals surface area contributed by atoms with Gasteiger partial charge in [-0.25, -0.2) is 0 Å². The molecule has 0 fully saturated rings. The number of nitrogens with zero attached hydrogens (tertiary/aromatic N) is 1. The topological polar surface area (TPSA) is 80.7 Å². The Morgan fingerprint density at radius 2 is 1.48 bits per heavy atom. The summed E-state index contributed by atoms with van der Waals surface area (Å²) in [6, 6.07) is 27.3. The quantitative estimate of drug-likeness (QED) is 0.289. The van der Waals surface area contributed by atoms with Crippen LogP contribution in [0, 0.1) is 0 Å². The van der Waals surface area contributed by atoms with Crippen molar-refractivity contribution in [3.8, 4) is 17.5 Å². The molecule has 0 unspecified atom stereocenters. The Morgan fingerprint density at radius 1 is 0.848 bits per heavy atom. The van der Waals surface area contributed by atoms with E-state index in [1.165, 1.54) is 6.07 Å². The van der Waals surface area contributed by atoms with E-state index >= 15 is 0 Å². The van der Waals surface area contributed by atoms with Crippen LogP contribution >= 0.6 is 15.9 Å². The van der Waals surface area contributed by atoms with Crippen molar-refractivity contribution in [2.45, 2.75) is 13.2 Å². The molecule has 1 heterocycles. The van der Waals surface area contributed by atoms with Gasteiger partial charge in [0.05, 0.1) is 5.69 Å². The number of phenols is 1. The van der Waals surface area contributed by atoms with E-state index in [4.69, 9.17) is 9.47 Å². The van der Waals surface area contributed by atoms with Crippen LogP contribution in [-0.2, 0) is 13.2 Å². The van der Waals surface area contributed by atoms with Crippen LogP contribution in [0.3, 0.4) is 0 Å². The number of carbonyl (C=O) groups is 1. The zero-order valence-electron chi connectivity index (χ0n) is 17.6. The van der Waals surface area contributed by atoms with Gasteiger partial charge >= 0.3 is 0 Å². The van der Waals surface area contributed by atoms with Gasteiger partial charge in [0.15, 0.2) is 0 Å². The first-order chi connectivity index (χ1) is 16.1. The van der Waals surface area contributed by atoms with Crippen molar-refractivity contribution in [1.29, 1.82) is 0 Å². The van der Waals surface area contributed by atoms with Gasteiger partial charge < -0.3 is 19.9 Å². The number of hydrogen-bond donors (Lipinski definition) is 2. The van der Waals surface area contributed by atoms with Crippen molar-refractivity contribution in [2.24, 2.45) is 0 Å². The fourth-order valence-electron chi connectivity index (χ4n) is 3.04. The van der Waals surface area contributed by atoms with E-state index in [1.54, 1.807) is 24.3 Å². The molecule has 33 heavy (non-hydrogen) atoms. The summed E-state index contributed by atoms with van der Waals surface area (Å²) < 4.78 is 12.4. The zero-order valence-corrected chi connectivity index (χ0v) is 19.2. The number of ether oxygens (including phenoxy) is 2. The molecule has 0 spiro atoms. The number of benzene rings is 3. The summed E-state index contributed by atoms with van der Waals surface area (Å²) in [5.41, 5.74) is 2.43. The molecule has 0 aliphatic rings. The maximum atomic E-state index is 13.0. The molecule has 0 saturated heterocycles. The third-order valence-corrected chi connectivity index (χ3v) is 5.23. The van der Waals surface area contributed by atoms with E-state index in [9.17, 15) is 9.90 Å². The molecule has 0 saturated carbocycles. The third-order valence-electron chi connectivity index (χ3n) is 4.73. The first kappa shape index (κ1) is 22.4. The van der Waals surface area contributed by atoms with Crippen LogP contribution in [0.1, 0.15) is 21.5 Å². The normalized spacial score (nSPS) is 10.5. The Bertz CT molecular complexity index is 1230. The molecule has 1 aromatic heterocycles. The maximum absolute atomic E-state index is 13.0. The second-order valence-electron chi connectivity index (χ2n) is 7.17. The Hall–Kier alpha value is -3.84. The van der Waals surface area contributed by atoms with Crippen molar-refractivity contribution in [2.75, 3.05) is 5.32 Å². The summed E-state index contributed by atoms with van der Waals surface area (Å²) >= 11 is 3.34. The number of carbonyl (C=O) groups excluding carboxylic acids is 1. The van der Waals surface area contributed by atoms with Crippen molar-refractivity contribution < 1.29 is 19.4 Å². The molecule has 2 N–H and O–H groups in total. The molecule has 3 aromatic carbocycles. The van der Waals surface area contributed by atoms with E-state index in [1.807, 2.05) is 60.7 Å². The van der Waals surface area contributed by atoms with Crippen LogP contribution in [0.4, 0.5) is 5.69 Å². The van der Waals surface area contributed by atoms with Gasteiger partial charge in [0, 0.05) is 10.5 Å². The molecular weight excluding hydrogens is 484 g/mol. The van der Waals surface area contributed by atoms with Crippen molar-refractivity contribution in [3.05, 3.63) is 112 Å².